The summed E-state index contributed by atoms with van der Waals surface area (Å²) in [5, 5.41) is 0. The Kier molecular flexibility index (Phi) is 4.54. The van der Waals surface area contributed by atoms with Crippen LogP contribution in [0.4, 0.5) is 0 Å². The molecule has 0 bridgehead atoms. The van der Waals surface area contributed by atoms with Crippen LogP contribution in [0, 0.1) is 6.92 Å². The van der Waals surface area contributed by atoms with Crippen LogP contribution in [0.15, 0.2) is 24.3 Å². The van der Waals surface area contributed by atoms with Crippen LogP contribution < -0.4 is 0 Å². The van der Waals surface area contributed by atoms with E-state index in [-0.39, 0.29) is 12.1 Å². The molecule has 2 aliphatic rings. The van der Waals surface area contributed by atoms with E-state index < -0.39 is 10.2 Å². The number of morpholine rings is 1. The van der Waals surface area contributed by atoms with Crippen LogP contribution in [0.2, 0.25) is 0 Å². The van der Waals surface area contributed by atoms with Gasteiger partial charge in [-0.1, -0.05) is 29.8 Å². The molecule has 1 aromatic carbocycles. The molecule has 6 heteroatoms. The molecule has 122 valence electrons. The topological polar surface area (TPSA) is 49.9 Å². The van der Waals surface area contributed by atoms with Gasteiger partial charge in [0.1, 0.15) is 0 Å². The lowest BCUT2D eigenvalue weighted by Crippen LogP contribution is -2.53. The van der Waals surface area contributed by atoms with Crippen LogP contribution >= 0.6 is 0 Å². The van der Waals surface area contributed by atoms with Crippen molar-refractivity contribution in [3.05, 3.63) is 35.4 Å². The Bertz CT molecular complexity index is 611. The largest absolute Gasteiger partial charge is 0.378 e. The third-order valence-corrected chi connectivity index (χ3v) is 6.47. The standard InChI is InChI=1S/C16H24N2O3S/c1-13-3-5-15(6-4-13)11-18(16-7-8-16)22(19,20)17-9-10-21-12-14(17)2/h3-6,14,16H,7-12H2,1-2H3/t14-/m1/s1. The molecule has 0 N–H and O–H groups in total. The second kappa shape index (κ2) is 6.28. The fourth-order valence-electron chi connectivity index (χ4n) is 2.82. The maximum absolute atomic E-state index is 13.0. The second-order valence-electron chi connectivity index (χ2n) is 6.30. The molecule has 0 spiro atoms. The lowest BCUT2D eigenvalue weighted by Gasteiger charge is -2.36. The predicted octanol–water partition coefficient (Wildman–Crippen LogP) is 1.92. The van der Waals surface area contributed by atoms with E-state index in [1.54, 1.807) is 8.61 Å². The van der Waals surface area contributed by atoms with Gasteiger partial charge in [0, 0.05) is 25.2 Å². The Morgan fingerprint density at radius 1 is 1.27 bits per heavy atom. The number of benzene rings is 1. The number of ether oxygens (including phenoxy) is 1. The summed E-state index contributed by atoms with van der Waals surface area (Å²) in [6.07, 6.45) is 1.92. The first-order valence-corrected chi connectivity index (χ1v) is 9.30. The molecule has 0 unspecified atom stereocenters. The quantitative estimate of drug-likeness (QED) is 0.831. The molecule has 0 aromatic heterocycles. The van der Waals surface area contributed by atoms with Gasteiger partial charge in [0.2, 0.25) is 0 Å². The van der Waals surface area contributed by atoms with Crippen molar-refractivity contribution >= 4 is 10.2 Å². The zero-order chi connectivity index (χ0) is 15.7. The molecule has 1 aliphatic heterocycles. The Morgan fingerprint density at radius 2 is 1.95 bits per heavy atom. The molecule has 1 atom stereocenters. The molecule has 5 nitrogen and oxygen atoms in total. The third kappa shape index (κ3) is 3.35. The highest BCUT2D eigenvalue weighted by Gasteiger charge is 2.42. The number of hydrogen-bond acceptors (Lipinski definition) is 3. The number of aryl methyl sites for hydroxylation is 1. The van der Waals surface area contributed by atoms with Gasteiger partial charge in [0.15, 0.2) is 0 Å². The Labute approximate surface area is 133 Å². The molecule has 1 aromatic rings. The zero-order valence-electron chi connectivity index (χ0n) is 13.2. The number of nitrogens with zero attached hydrogens (tertiary/aromatic N) is 2. The highest BCUT2D eigenvalue weighted by atomic mass is 32.2. The minimum absolute atomic E-state index is 0.0991. The van der Waals surface area contributed by atoms with Gasteiger partial charge in [-0.05, 0) is 32.3 Å². The minimum atomic E-state index is -3.43. The van der Waals surface area contributed by atoms with E-state index in [0.29, 0.717) is 26.3 Å². The van der Waals surface area contributed by atoms with Crippen LogP contribution in [0.5, 0.6) is 0 Å². The molecular formula is C16H24N2O3S. The summed E-state index contributed by atoms with van der Waals surface area (Å²) in [7, 11) is -3.43. The molecule has 0 amide bonds. The predicted molar refractivity (Wildman–Crippen MR) is 85.7 cm³/mol. The van der Waals surface area contributed by atoms with Crippen molar-refractivity contribution in [3.63, 3.8) is 0 Å². The summed E-state index contributed by atoms with van der Waals surface area (Å²) in [5.41, 5.74) is 2.23. The summed E-state index contributed by atoms with van der Waals surface area (Å²) < 4.78 is 34.7. The lowest BCUT2D eigenvalue weighted by molar-refractivity contribution is 0.0360. The summed E-state index contributed by atoms with van der Waals surface area (Å²) in [5.74, 6) is 0. The van der Waals surface area contributed by atoms with Crippen LogP contribution in [-0.4, -0.2) is 48.9 Å². The maximum atomic E-state index is 13.0. The molecule has 0 radical (unpaired) electrons. The van der Waals surface area contributed by atoms with E-state index in [2.05, 4.69) is 0 Å². The number of hydrogen-bond donors (Lipinski definition) is 0. The first-order valence-electron chi connectivity index (χ1n) is 7.90. The van der Waals surface area contributed by atoms with Gasteiger partial charge in [0.25, 0.3) is 10.2 Å². The van der Waals surface area contributed by atoms with Crippen molar-refractivity contribution in [2.75, 3.05) is 19.8 Å². The van der Waals surface area contributed by atoms with E-state index >= 15 is 0 Å². The normalized spacial score (nSPS) is 23.9. The van der Waals surface area contributed by atoms with E-state index in [1.165, 1.54) is 5.56 Å². The van der Waals surface area contributed by atoms with Gasteiger partial charge in [-0.2, -0.15) is 17.0 Å². The monoisotopic (exact) mass is 324 g/mol. The molecule has 1 heterocycles. The molecular weight excluding hydrogens is 300 g/mol. The Balaban J connectivity index is 1.82. The van der Waals surface area contributed by atoms with Crippen molar-refractivity contribution in [1.29, 1.82) is 0 Å². The fourth-order valence-corrected chi connectivity index (χ4v) is 4.81. The summed E-state index contributed by atoms with van der Waals surface area (Å²) >= 11 is 0. The van der Waals surface area contributed by atoms with Crippen molar-refractivity contribution in [3.8, 4) is 0 Å². The highest BCUT2D eigenvalue weighted by molar-refractivity contribution is 7.86. The van der Waals surface area contributed by atoms with Gasteiger partial charge in [-0.25, -0.2) is 0 Å². The van der Waals surface area contributed by atoms with Crippen LogP contribution in [-0.2, 0) is 21.5 Å². The van der Waals surface area contributed by atoms with Gasteiger partial charge in [0.05, 0.1) is 13.2 Å². The smallest absolute Gasteiger partial charge is 0.282 e. The summed E-state index contributed by atoms with van der Waals surface area (Å²) in [6.45, 7) is 5.80. The SMILES string of the molecule is Cc1ccc(CN(C2CC2)S(=O)(=O)N2CCOC[C@H]2C)cc1. The van der Waals surface area contributed by atoms with E-state index in [1.807, 2.05) is 38.1 Å². The van der Waals surface area contributed by atoms with Crippen molar-refractivity contribution in [2.45, 2.75) is 45.3 Å². The van der Waals surface area contributed by atoms with E-state index in [9.17, 15) is 8.42 Å². The molecule has 22 heavy (non-hydrogen) atoms. The van der Waals surface area contributed by atoms with Crippen molar-refractivity contribution in [1.82, 2.24) is 8.61 Å². The first kappa shape index (κ1) is 15.9. The average molecular weight is 324 g/mol. The van der Waals surface area contributed by atoms with Gasteiger partial charge in [-0.3, -0.25) is 0 Å². The van der Waals surface area contributed by atoms with Gasteiger partial charge >= 0.3 is 0 Å². The fraction of sp³-hybridized carbons (Fsp3) is 0.625. The van der Waals surface area contributed by atoms with Crippen LogP contribution in [0.3, 0.4) is 0 Å². The average Bonchev–Trinajstić information content (AvgIpc) is 3.31. The lowest BCUT2D eigenvalue weighted by atomic mass is 10.1. The van der Waals surface area contributed by atoms with Gasteiger partial charge < -0.3 is 4.74 Å². The highest BCUT2D eigenvalue weighted by Crippen LogP contribution is 2.33. The van der Waals surface area contributed by atoms with Gasteiger partial charge in [-0.15, -0.1) is 0 Å². The molecule has 1 saturated carbocycles. The molecule has 3 rings (SSSR count). The Hall–Kier alpha value is -0.950. The Morgan fingerprint density at radius 3 is 2.55 bits per heavy atom. The zero-order valence-corrected chi connectivity index (χ0v) is 14.1. The minimum Gasteiger partial charge on any atom is -0.378 e. The number of rotatable bonds is 5. The van der Waals surface area contributed by atoms with Crippen LogP contribution in [0.1, 0.15) is 30.9 Å². The molecule has 2 fully saturated rings. The first-order chi connectivity index (χ1) is 10.5. The van der Waals surface area contributed by atoms with Crippen molar-refractivity contribution < 1.29 is 13.2 Å². The second-order valence-corrected chi connectivity index (χ2v) is 8.14. The van der Waals surface area contributed by atoms with Crippen LogP contribution in [0.25, 0.3) is 0 Å². The maximum Gasteiger partial charge on any atom is 0.282 e. The summed E-state index contributed by atoms with van der Waals surface area (Å²) in [6, 6.07) is 8.15. The van der Waals surface area contributed by atoms with Crippen molar-refractivity contribution in [2.24, 2.45) is 0 Å². The third-order valence-electron chi connectivity index (χ3n) is 4.31. The summed E-state index contributed by atoms with van der Waals surface area (Å²) in [4.78, 5) is 0. The van der Waals surface area contributed by atoms with E-state index in [4.69, 9.17) is 4.74 Å². The molecule has 1 aliphatic carbocycles. The van der Waals surface area contributed by atoms with E-state index in [0.717, 1.165) is 18.4 Å². The molecule has 1 saturated heterocycles.